The normalized spacial score (nSPS) is 25.2. The molecule has 1 aromatic carbocycles. The van der Waals surface area contributed by atoms with Crippen molar-refractivity contribution in [1.82, 2.24) is 9.97 Å². The van der Waals surface area contributed by atoms with Crippen molar-refractivity contribution in [1.29, 1.82) is 0 Å². The van der Waals surface area contributed by atoms with E-state index in [1.807, 2.05) is 25.3 Å². The molecule has 0 spiro atoms. The van der Waals surface area contributed by atoms with Crippen LogP contribution in [0.2, 0.25) is 0 Å². The zero-order valence-electron chi connectivity index (χ0n) is 16.0. The van der Waals surface area contributed by atoms with Crippen LogP contribution in [0.4, 0.5) is 4.39 Å². The molecule has 3 unspecified atom stereocenters. The van der Waals surface area contributed by atoms with E-state index in [2.05, 4.69) is 15.0 Å². The first-order valence-electron chi connectivity index (χ1n) is 9.19. The third-order valence-electron chi connectivity index (χ3n) is 5.06. The molecule has 28 heavy (non-hydrogen) atoms. The van der Waals surface area contributed by atoms with Gasteiger partial charge in [0.05, 0.1) is 33.7 Å². The molecule has 0 bridgehead atoms. The number of hydrogen-bond donors (Lipinski definition) is 1. The summed E-state index contributed by atoms with van der Waals surface area (Å²) >= 11 is 0. The number of fused-ring (bicyclic) bond motifs is 2. The van der Waals surface area contributed by atoms with E-state index in [4.69, 9.17) is 9.47 Å². The molecule has 4 rings (SSSR count). The minimum absolute atomic E-state index is 0.143. The Balaban J connectivity index is 1.66. The van der Waals surface area contributed by atoms with Gasteiger partial charge in [0.1, 0.15) is 0 Å². The molecule has 0 amide bonds. The van der Waals surface area contributed by atoms with Crippen molar-refractivity contribution in [2.24, 2.45) is 4.99 Å². The Morgan fingerprint density at radius 2 is 2.25 bits per heavy atom. The van der Waals surface area contributed by atoms with E-state index in [0.29, 0.717) is 35.6 Å². The number of methoxy groups -OCH3 is 1. The fourth-order valence-electron chi connectivity index (χ4n) is 3.62. The maximum atomic E-state index is 14.1. The Morgan fingerprint density at radius 3 is 3.00 bits per heavy atom. The van der Waals surface area contributed by atoms with Crippen LogP contribution in [0.15, 0.2) is 45.6 Å². The number of aliphatic imine (C=N–C) groups is 1. The molecule has 3 atom stereocenters. The maximum absolute atomic E-state index is 14.1. The van der Waals surface area contributed by atoms with Crippen LogP contribution in [0.25, 0.3) is 11.0 Å². The van der Waals surface area contributed by atoms with Gasteiger partial charge in [0.15, 0.2) is 22.4 Å². The number of allylic oxidation sites excluding steroid dienone is 1. The lowest BCUT2D eigenvalue weighted by molar-refractivity contribution is 0.0200. The molecule has 2 heterocycles. The lowest BCUT2D eigenvalue weighted by Crippen LogP contribution is -2.38. The van der Waals surface area contributed by atoms with Gasteiger partial charge >= 0.3 is 0 Å². The summed E-state index contributed by atoms with van der Waals surface area (Å²) < 4.78 is 38.2. The van der Waals surface area contributed by atoms with Crippen molar-refractivity contribution >= 4 is 28.0 Å². The standard InChI is InChI=1S/C20H22FN3O3S/c1-4-27-18-10-17-16(9-15(18)21)23-19(24-17)28(25)14-5-6-20(26-3)13(8-14)7-12(2)11-22-20/h7-11,14H,4-6H2,1-3H3,(H,23,24). The molecule has 0 saturated heterocycles. The summed E-state index contributed by atoms with van der Waals surface area (Å²) in [4.78, 5) is 12.0. The molecule has 0 fully saturated rings. The molecule has 0 radical (unpaired) electrons. The summed E-state index contributed by atoms with van der Waals surface area (Å²) in [7, 11) is 0.231. The Labute approximate surface area is 165 Å². The molecule has 2 aliphatic rings. The van der Waals surface area contributed by atoms with Gasteiger partial charge in [-0.15, -0.1) is 0 Å². The van der Waals surface area contributed by atoms with Gasteiger partial charge in [-0.3, -0.25) is 9.20 Å². The molecule has 1 aliphatic heterocycles. The topological polar surface area (TPSA) is 76.6 Å². The molecule has 0 saturated carbocycles. The van der Waals surface area contributed by atoms with Gasteiger partial charge in [0, 0.05) is 37.5 Å². The van der Waals surface area contributed by atoms with E-state index in [0.717, 1.165) is 11.1 Å². The summed E-state index contributed by atoms with van der Waals surface area (Å²) in [6.07, 6.45) is 7.06. The maximum Gasteiger partial charge on any atom is 0.198 e. The molecule has 6 nitrogen and oxygen atoms in total. The summed E-state index contributed by atoms with van der Waals surface area (Å²) in [6.45, 7) is 4.11. The second-order valence-electron chi connectivity index (χ2n) is 6.91. The highest BCUT2D eigenvalue weighted by atomic mass is 32.2. The molecular formula is C20H22FN3O3S. The SMILES string of the molecule is CCOc1cc2nc(S(=O)C3C=C4C=C(C)C=NC4(OC)CC3)[nH]c2cc1F. The van der Waals surface area contributed by atoms with Crippen molar-refractivity contribution in [2.45, 2.75) is 42.8 Å². The predicted octanol–water partition coefficient (Wildman–Crippen LogP) is 3.67. The van der Waals surface area contributed by atoms with E-state index in [9.17, 15) is 8.60 Å². The number of imidazole rings is 1. The van der Waals surface area contributed by atoms with Gasteiger partial charge in [-0.2, -0.15) is 0 Å². The minimum atomic E-state index is -1.41. The smallest absolute Gasteiger partial charge is 0.198 e. The predicted molar refractivity (Wildman–Crippen MR) is 107 cm³/mol. The fraction of sp³-hybridized carbons (Fsp3) is 0.400. The van der Waals surface area contributed by atoms with E-state index in [1.54, 1.807) is 14.0 Å². The first kappa shape index (κ1) is 19.0. The number of nitrogens with zero attached hydrogens (tertiary/aromatic N) is 2. The van der Waals surface area contributed by atoms with Crippen LogP contribution in [0, 0.1) is 5.82 Å². The number of dihydropyridines is 1. The van der Waals surface area contributed by atoms with Crippen molar-refractivity contribution < 1.29 is 18.1 Å². The lowest BCUT2D eigenvalue weighted by atomic mass is 9.87. The van der Waals surface area contributed by atoms with Gasteiger partial charge in [-0.05, 0) is 31.9 Å². The molecule has 1 N–H and O–H groups in total. The van der Waals surface area contributed by atoms with Crippen molar-refractivity contribution in [3.05, 3.63) is 41.2 Å². The number of H-pyrrole nitrogens is 1. The zero-order valence-corrected chi connectivity index (χ0v) is 16.8. The van der Waals surface area contributed by atoms with Crippen LogP contribution in [0.5, 0.6) is 5.75 Å². The Hall–Kier alpha value is -2.32. The van der Waals surface area contributed by atoms with Crippen molar-refractivity contribution in [2.75, 3.05) is 13.7 Å². The van der Waals surface area contributed by atoms with Crippen LogP contribution in [0.3, 0.4) is 0 Å². The number of halogens is 1. The second kappa shape index (κ2) is 7.25. The summed E-state index contributed by atoms with van der Waals surface area (Å²) in [5.74, 6) is -0.329. The van der Waals surface area contributed by atoms with Crippen molar-refractivity contribution in [3.8, 4) is 5.75 Å². The van der Waals surface area contributed by atoms with Crippen molar-refractivity contribution in [3.63, 3.8) is 0 Å². The number of benzene rings is 1. The van der Waals surface area contributed by atoms with E-state index >= 15 is 0 Å². The summed E-state index contributed by atoms with van der Waals surface area (Å²) in [5, 5.41) is 0.0993. The largest absolute Gasteiger partial charge is 0.491 e. The van der Waals surface area contributed by atoms with Crippen LogP contribution in [-0.2, 0) is 15.5 Å². The average molecular weight is 403 g/mol. The van der Waals surface area contributed by atoms with Gasteiger partial charge in [0.25, 0.3) is 0 Å². The third-order valence-corrected chi connectivity index (χ3v) is 6.56. The quantitative estimate of drug-likeness (QED) is 0.826. The molecule has 1 aromatic heterocycles. The highest BCUT2D eigenvalue weighted by Gasteiger charge is 2.40. The van der Waals surface area contributed by atoms with Gasteiger partial charge in [0.2, 0.25) is 0 Å². The first-order valence-corrected chi connectivity index (χ1v) is 10.4. The molecule has 1 aliphatic carbocycles. The Kier molecular flexibility index (Phi) is 4.93. The molecule has 2 aromatic rings. The number of ether oxygens (including phenoxy) is 2. The fourth-order valence-corrected chi connectivity index (χ4v) is 4.91. The number of hydrogen-bond acceptors (Lipinski definition) is 5. The summed E-state index contributed by atoms with van der Waals surface area (Å²) in [6, 6.07) is 2.86. The van der Waals surface area contributed by atoms with Crippen LogP contribution < -0.4 is 4.74 Å². The second-order valence-corrected chi connectivity index (χ2v) is 8.49. The van der Waals surface area contributed by atoms with E-state index in [1.165, 1.54) is 12.1 Å². The Morgan fingerprint density at radius 1 is 1.43 bits per heavy atom. The van der Waals surface area contributed by atoms with Gasteiger partial charge < -0.3 is 14.5 Å². The molecular weight excluding hydrogens is 381 g/mol. The van der Waals surface area contributed by atoms with Crippen LogP contribution in [0.1, 0.15) is 26.7 Å². The summed E-state index contributed by atoms with van der Waals surface area (Å²) in [5.41, 5.74) is 2.27. The molecule has 8 heteroatoms. The Bertz CT molecular complexity index is 1040. The number of aromatic nitrogens is 2. The lowest BCUT2D eigenvalue weighted by Gasteiger charge is -2.37. The highest BCUT2D eigenvalue weighted by Crippen LogP contribution is 2.39. The number of rotatable bonds is 5. The minimum Gasteiger partial charge on any atom is -0.491 e. The van der Waals surface area contributed by atoms with Crippen LogP contribution >= 0.6 is 0 Å². The van der Waals surface area contributed by atoms with Gasteiger partial charge in [-0.1, -0.05) is 6.08 Å². The zero-order chi connectivity index (χ0) is 19.9. The number of nitrogens with one attached hydrogen (secondary N) is 1. The highest BCUT2D eigenvalue weighted by molar-refractivity contribution is 7.85. The van der Waals surface area contributed by atoms with E-state index in [-0.39, 0.29) is 11.0 Å². The van der Waals surface area contributed by atoms with E-state index < -0.39 is 22.3 Å². The average Bonchev–Trinajstić information content (AvgIpc) is 3.10. The number of aromatic amines is 1. The van der Waals surface area contributed by atoms with Gasteiger partial charge in [-0.25, -0.2) is 9.37 Å². The van der Waals surface area contributed by atoms with Crippen LogP contribution in [-0.4, -0.2) is 45.1 Å². The molecule has 148 valence electrons. The third kappa shape index (κ3) is 3.20. The monoisotopic (exact) mass is 403 g/mol. The first-order chi connectivity index (χ1) is 13.5.